The lowest BCUT2D eigenvalue weighted by atomic mass is 10.1. The number of nitrogens with zero attached hydrogens (tertiary/aromatic N) is 2. The molecule has 36 heavy (non-hydrogen) atoms. The molecule has 3 rings (SSSR count). The lowest BCUT2D eigenvalue weighted by Gasteiger charge is -2.22. The Labute approximate surface area is 210 Å². The average molecular weight is 510 g/mol. The van der Waals surface area contributed by atoms with E-state index in [0.717, 1.165) is 9.87 Å². The van der Waals surface area contributed by atoms with Gasteiger partial charge in [-0.1, -0.05) is 42.5 Å². The van der Waals surface area contributed by atoms with Crippen molar-refractivity contribution < 1.29 is 27.5 Å². The van der Waals surface area contributed by atoms with Gasteiger partial charge in [0.2, 0.25) is 10.0 Å². The van der Waals surface area contributed by atoms with Crippen molar-refractivity contribution in [2.45, 2.75) is 18.4 Å². The molecule has 0 heterocycles. The van der Waals surface area contributed by atoms with Crippen LogP contribution in [0, 0.1) is 6.92 Å². The molecule has 0 atom stereocenters. The SMILES string of the molecule is COC(=O)c1ccc(/C=N/NC(=O)CN(Cc2ccccc2)S(=O)(=O)c2ccc(OC)c(C)c2)cc1. The first kappa shape index (κ1) is 26.6. The minimum absolute atomic E-state index is 0.000372. The summed E-state index contributed by atoms with van der Waals surface area (Å²) >= 11 is 0. The van der Waals surface area contributed by atoms with Crippen molar-refractivity contribution in [3.63, 3.8) is 0 Å². The van der Waals surface area contributed by atoms with Gasteiger partial charge in [-0.25, -0.2) is 18.6 Å². The molecular formula is C26H27N3O6S. The molecule has 0 aliphatic carbocycles. The summed E-state index contributed by atoms with van der Waals surface area (Å²) in [5.41, 5.74) is 4.76. The summed E-state index contributed by atoms with van der Waals surface area (Å²) < 4.78 is 37.9. The number of hydrogen-bond acceptors (Lipinski definition) is 7. The average Bonchev–Trinajstić information content (AvgIpc) is 2.88. The third kappa shape index (κ3) is 6.77. The Morgan fingerprint density at radius 3 is 2.31 bits per heavy atom. The Morgan fingerprint density at radius 2 is 1.69 bits per heavy atom. The van der Waals surface area contributed by atoms with E-state index in [4.69, 9.17) is 4.74 Å². The van der Waals surface area contributed by atoms with Gasteiger partial charge < -0.3 is 9.47 Å². The van der Waals surface area contributed by atoms with E-state index in [9.17, 15) is 18.0 Å². The van der Waals surface area contributed by atoms with Crippen LogP contribution in [0.2, 0.25) is 0 Å². The van der Waals surface area contributed by atoms with Gasteiger partial charge in [0.1, 0.15) is 5.75 Å². The number of esters is 1. The lowest BCUT2D eigenvalue weighted by Crippen LogP contribution is -2.39. The zero-order chi connectivity index (χ0) is 26.1. The fourth-order valence-corrected chi connectivity index (χ4v) is 4.84. The fraction of sp³-hybridized carbons (Fsp3) is 0.192. The summed E-state index contributed by atoms with van der Waals surface area (Å²) in [6.07, 6.45) is 1.39. The molecule has 0 bridgehead atoms. The van der Waals surface area contributed by atoms with Crippen LogP contribution in [0.1, 0.15) is 27.0 Å². The summed E-state index contributed by atoms with van der Waals surface area (Å²) in [5, 5.41) is 3.91. The molecule has 0 saturated heterocycles. The van der Waals surface area contributed by atoms with Gasteiger partial charge in [0, 0.05) is 6.54 Å². The van der Waals surface area contributed by atoms with E-state index < -0.39 is 28.4 Å². The third-order valence-corrected chi connectivity index (χ3v) is 7.05. The highest BCUT2D eigenvalue weighted by molar-refractivity contribution is 7.89. The predicted octanol–water partition coefficient (Wildman–Crippen LogP) is 3.13. The van der Waals surface area contributed by atoms with Gasteiger partial charge in [0.25, 0.3) is 5.91 Å². The summed E-state index contributed by atoms with van der Waals surface area (Å²) in [4.78, 5) is 24.2. The van der Waals surface area contributed by atoms with Gasteiger partial charge in [-0.15, -0.1) is 0 Å². The number of hydrogen-bond donors (Lipinski definition) is 1. The zero-order valence-corrected chi connectivity index (χ0v) is 21.0. The molecule has 0 radical (unpaired) electrons. The first-order valence-electron chi connectivity index (χ1n) is 10.9. The van der Waals surface area contributed by atoms with Gasteiger partial charge in [0.05, 0.1) is 37.4 Å². The molecule has 0 aromatic heterocycles. The molecule has 0 saturated carbocycles. The van der Waals surface area contributed by atoms with Gasteiger partial charge in [-0.2, -0.15) is 9.41 Å². The van der Waals surface area contributed by atoms with Gasteiger partial charge in [-0.05, 0) is 53.9 Å². The van der Waals surface area contributed by atoms with Gasteiger partial charge in [-0.3, -0.25) is 4.79 Å². The summed E-state index contributed by atoms with van der Waals surface area (Å²) in [7, 11) is -1.21. The first-order chi connectivity index (χ1) is 17.2. The van der Waals surface area contributed by atoms with E-state index in [1.54, 1.807) is 61.5 Å². The molecule has 0 aliphatic rings. The molecule has 188 valence electrons. The molecule has 1 N–H and O–H groups in total. The maximum absolute atomic E-state index is 13.5. The molecule has 1 amide bonds. The van der Waals surface area contributed by atoms with Crippen LogP contribution in [0.25, 0.3) is 0 Å². The van der Waals surface area contributed by atoms with Gasteiger partial charge >= 0.3 is 5.97 Å². The van der Waals surface area contributed by atoms with Crippen molar-refractivity contribution in [3.8, 4) is 5.75 Å². The number of rotatable bonds is 10. The summed E-state index contributed by atoms with van der Waals surface area (Å²) in [6.45, 7) is 1.31. The number of sulfonamides is 1. The third-order valence-electron chi connectivity index (χ3n) is 5.26. The predicted molar refractivity (Wildman–Crippen MR) is 135 cm³/mol. The molecule has 3 aromatic carbocycles. The van der Waals surface area contributed by atoms with E-state index in [2.05, 4.69) is 15.3 Å². The molecule has 10 heteroatoms. The monoisotopic (exact) mass is 509 g/mol. The quantitative estimate of drug-likeness (QED) is 0.255. The second-order valence-electron chi connectivity index (χ2n) is 7.80. The maximum Gasteiger partial charge on any atom is 0.337 e. The van der Waals surface area contributed by atoms with E-state index >= 15 is 0 Å². The number of ether oxygens (including phenoxy) is 2. The number of hydrazone groups is 1. The summed E-state index contributed by atoms with van der Waals surface area (Å²) in [5.74, 6) is -0.504. The number of carbonyl (C=O) groups excluding carboxylic acids is 2. The number of carbonyl (C=O) groups is 2. The zero-order valence-electron chi connectivity index (χ0n) is 20.2. The molecule has 0 fully saturated rings. The second kappa shape index (κ2) is 12.1. The standard InChI is InChI=1S/C26H27N3O6S/c1-19-15-23(13-14-24(19)34-2)36(32,33)29(17-21-7-5-4-6-8-21)18-25(30)28-27-16-20-9-11-22(12-10-20)26(31)35-3/h4-16H,17-18H2,1-3H3,(H,28,30)/b27-16+. The number of aryl methyl sites for hydroxylation is 1. The molecule has 0 aliphatic heterocycles. The van der Waals surface area contributed by atoms with E-state index in [0.29, 0.717) is 22.4 Å². The van der Waals surface area contributed by atoms with Crippen molar-refractivity contribution in [1.29, 1.82) is 0 Å². The number of benzene rings is 3. The highest BCUT2D eigenvalue weighted by atomic mass is 32.2. The van der Waals surface area contributed by atoms with Crippen LogP contribution in [0.4, 0.5) is 0 Å². The fourth-order valence-electron chi connectivity index (χ4n) is 3.37. The van der Waals surface area contributed by atoms with Crippen molar-refractivity contribution in [3.05, 3.63) is 95.1 Å². The number of methoxy groups -OCH3 is 2. The van der Waals surface area contributed by atoms with Crippen LogP contribution in [-0.2, 0) is 26.1 Å². The van der Waals surface area contributed by atoms with Gasteiger partial charge in [0.15, 0.2) is 0 Å². The lowest BCUT2D eigenvalue weighted by molar-refractivity contribution is -0.121. The molecule has 0 unspecified atom stereocenters. The number of nitrogens with one attached hydrogen (secondary N) is 1. The van der Waals surface area contributed by atoms with Crippen LogP contribution < -0.4 is 10.2 Å². The second-order valence-corrected chi connectivity index (χ2v) is 9.73. The molecular weight excluding hydrogens is 482 g/mol. The van der Waals surface area contributed by atoms with E-state index in [1.807, 2.05) is 6.07 Å². The Morgan fingerprint density at radius 1 is 1.00 bits per heavy atom. The summed E-state index contributed by atoms with van der Waals surface area (Å²) in [6, 6.07) is 20.0. The largest absolute Gasteiger partial charge is 0.496 e. The smallest absolute Gasteiger partial charge is 0.337 e. The van der Waals surface area contributed by atoms with Crippen LogP contribution in [0.15, 0.2) is 82.8 Å². The Kier molecular flexibility index (Phi) is 8.93. The van der Waals surface area contributed by atoms with Crippen LogP contribution >= 0.6 is 0 Å². The van der Waals surface area contributed by atoms with Crippen LogP contribution in [-0.4, -0.2) is 51.6 Å². The normalized spacial score (nSPS) is 11.4. The highest BCUT2D eigenvalue weighted by Crippen LogP contribution is 2.24. The van der Waals surface area contributed by atoms with E-state index in [1.165, 1.54) is 32.6 Å². The Bertz CT molecular complexity index is 1340. The van der Waals surface area contributed by atoms with E-state index in [-0.39, 0.29) is 11.4 Å². The Balaban J connectivity index is 1.76. The minimum atomic E-state index is -4.01. The molecule has 0 spiro atoms. The molecule has 9 nitrogen and oxygen atoms in total. The van der Waals surface area contributed by atoms with Crippen LogP contribution in [0.5, 0.6) is 5.75 Å². The number of amides is 1. The van der Waals surface area contributed by atoms with Crippen molar-refractivity contribution >= 4 is 28.1 Å². The molecule has 3 aromatic rings. The minimum Gasteiger partial charge on any atom is -0.496 e. The first-order valence-corrected chi connectivity index (χ1v) is 12.4. The van der Waals surface area contributed by atoms with Crippen molar-refractivity contribution in [2.24, 2.45) is 5.10 Å². The Hall–Kier alpha value is -4.02. The van der Waals surface area contributed by atoms with Crippen LogP contribution in [0.3, 0.4) is 0 Å². The van der Waals surface area contributed by atoms with Crippen molar-refractivity contribution in [2.75, 3.05) is 20.8 Å². The topological polar surface area (TPSA) is 114 Å². The highest BCUT2D eigenvalue weighted by Gasteiger charge is 2.27. The maximum atomic E-state index is 13.5. The van der Waals surface area contributed by atoms with Crippen molar-refractivity contribution in [1.82, 2.24) is 9.73 Å².